The minimum Gasteiger partial charge on any atom is -0.450 e. The van der Waals surface area contributed by atoms with Crippen LogP contribution < -0.4 is 0 Å². The van der Waals surface area contributed by atoms with Crippen molar-refractivity contribution >= 4 is 26.0 Å². The summed E-state index contributed by atoms with van der Waals surface area (Å²) in [4.78, 5) is 0.0158. The molecule has 0 aromatic carbocycles. The van der Waals surface area contributed by atoms with Crippen LogP contribution in [0.2, 0.25) is 0 Å². The van der Waals surface area contributed by atoms with Gasteiger partial charge in [0.05, 0.1) is 0 Å². The molecule has 0 saturated carbocycles. The monoisotopic (exact) mass is 337 g/mol. The van der Waals surface area contributed by atoms with Gasteiger partial charge in [0.1, 0.15) is 17.3 Å². The molecule has 7 heteroatoms. The van der Waals surface area contributed by atoms with Crippen LogP contribution in [0.4, 0.5) is 0 Å². The lowest BCUT2D eigenvalue weighted by atomic mass is 10.4. The van der Waals surface area contributed by atoms with Gasteiger partial charge in [-0.2, -0.15) is 4.31 Å². The summed E-state index contributed by atoms with van der Waals surface area (Å²) in [5.41, 5.74) is 0. The van der Waals surface area contributed by atoms with Crippen LogP contribution in [0.3, 0.4) is 0 Å². The van der Waals surface area contributed by atoms with Gasteiger partial charge < -0.3 is 9.52 Å². The van der Waals surface area contributed by atoms with E-state index < -0.39 is 10.0 Å². The van der Waals surface area contributed by atoms with Crippen LogP contribution in [0.15, 0.2) is 32.7 Å². The lowest BCUT2D eigenvalue weighted by Crippen LogP contribution is -2.36. The van der Waals surface area contributed by atoms with E-state index in [9.17, 15) is 8.42 Å². The van der Waals surface area contributed by atoms with Crippen molar-refractivity contribution in [1.29, 1.82) is 0 Å². The molecular weight excluding hydrogens is 322 g/mol. The van der Waals surface area contributed by atoms with E-state index in [0.29, 0.717) is 0 Å². The Labute approximate surface area is 115 Å². The van der Waals surface area contributed by atoms with Gasteiger partial charge >= 0.3 is 0 Å². The molecule has 1 N–H and O–H groups in total. The van der Waals surface area contributed by atoms with Crippen LogP contribution >= 0.6 is 15.9 Å². The van der Waals surface area contributed by atoms with Gasteiger partial charge in [-0.05, 0) is 29.8 Å². The summed E-state index contributed by atoms with van der Waals surface area (Å²) >= 11 is 3.05. The Morgan fingerprint density at radius 2 is 2.22 bits per heavy atom. The summed E-state index contributed by atoms with van der Waals surface area (Å²) < 4.78 is 31.3. The molecule has 0 radical (unpaired) electrons. The van der Waals surface area contributed by atoms with E-state index in [1.54, 1.807) is 13.8 Å². The number of furan rings is 1. The third-order valence-corrected chi connectivity index (χ3v) is 5.23. The van der Waals surface area contributed by atoms with E-state index in [4.69, 9.17) is 9.52 Å². The van der Waals surface area contributed by atoms with Gasteiger partial charge in [-0.25, -0.2) is 8.42 Å². The second-order valence-electron chi connectivity index (χ2n) is 3.97. The lowest BCUT2D eigenvalue weighted by molar-refractivity contribution is 0.245. The molecule has 0 spiro atoms. The van der Waals surface area contributed by atoms with Gasteiger partial charge in [0.15, 0.2) is 4.67 Å². The molecule has 102 valence electrons. The molecule has 0 amide bonds. The molecule has 1 rings (SSSR count). The molecule has 1 aromatic heterocycles. The molecule has 0 aliphatic carbocycles. The molecule has 0 bridgehead atoms. The molecule has 0 unspecified atom stereocenters. The Kier molecular flexibility index (Phi) is 5.15. The van der Waals surface area contributed by atoms with Crippen molar-refractivity contribution in [3.8, 4) is 0 Å². The molecule has 18 heavy (non-hydrogen) atoms. The standard InChI is InChI=1S/C11H16BrNO4S/c1-4-5-13(8(2)3)18(15,16)10-6-9(7-14)17-11(10)12/h4,6,8,14H,1,5,7H2,2-3H3. The SMILES string of the molecule is C=CCN(C(C)C)S(=O)(=O)c1cc(CO)oc1Br. The molecule has 0 aliphatic rings. The average molecular weight is 338 g/mol. The molecule has 0 saturated heterocycles. The molecule has 0 atom stereocenters. The summed E-state index contributed by atoms with van der Waals surface area (Å²) in [5, 5.41) is 8.95. The zero-order valence-electron chi connectivity index (χ0n) is 10.3. The predicted molar refractivity (Wildman–Crippen MR) is 71.6 cm³/mol. The minimum absolute atomic E-state index is 0.0158. The highest BCUT2D eigenvalue weighted by molar-refractivity contribution is 9.10. The number of aliphatic hydroxyl groups excluding tert-OH is 1. The highest BCUT2D eigenvalue weighted by Gasteiger charge is 2.30. The number of hydrogen-bond acceptors (Lipinski definition) is 4. The predicted octanol–water partition coefficient (Wildman–Crippen LogP) is 2.12. The number of rotatable bonds is 6. The van der Waals surface area contributed by atoms with E-state index in [1.807, 2.05) is 0 Å². The fraction of sp³-hybridized carbons (Fsp3) is 0.455. The first kappa shape index (κ1) is 15.4. The summed E-state index contributed by atoms with van der Waals surface area (Å²) in [6.45, 7) is 6.98. The van der Waals surface area contributed by atoms with Crippen molar-refractivity contribution in [1.82, 2.24) is 4.31 Å². The minimum atomic E-state index is -3.67. The summed E-state index contributed by atoms with van der Waals surface area (Å²) in [6.07, 6.45) is 1.53. The second kappa shape index (κ2) is 6.01. The van der Waals surface area contributed by atoms with Crippen LogP contribution in [0.25, 0.3) is 0 Å². The number of sulfonamides is 1. The topological polar surface area (TPSA) is 70.8 Å². The van der Waals surface area contributed by atoms with Crippen molar-refractivity contribution in [3.05, 3.63) is 29.2 Å². The van der Waals surface area contributed by atoms with E-state index in [0.717, 1.165) is 0 Å². The van der Waals surface area contributed by atoms with Crippen molar-refractivity contribution in [2.45, 2.75) is 31.4 Å². The fourth-order valence-corrected chi connectivity index (χ4v) is 4.06. The van der Waals surface area contributed by atoms with E-state index in [-0.39, 0.29) is 34.5 Å². The van der Waals surface area contributed by atoms with Crippen molar-refractivity contribution in [2.75, 3.05) is 6.54 Å². The zero-order chi connectivity index (χ0) is 13.9. The average Bonchev–Trinajstić information content (AvgIpc) is 2.67. The van der Waals surface area contributed by atoms with Crippen molar-refractivity contribution in [2.24, 2.45) is 0 Å². The lowest BCUT2D eigenvalue weighted by Gasteiger charge is -2.23. The quantitative estimate of drug-likeness (QED) is 0.807. The normalized spacial score (nSPS) is 12.3. The molecule has 0 fully saturated rings. The van der Waals surface area contributed by atoms with Crippen LogP contribution in [-0.2, 0) is 16.6 Å². The van der Waals surface area contributed by atoms with Gasteiger partial charge in [-0.1, -0.05) is 6.08 Å². The number of hydrogen-bond donors (Lipinski definition) is 1. The van der Waals surface area contributed by atoms with Crippen LogP contribution in [0, 0.1) is 0 Å². The highest BCUT2D eigenvalue weighted by Crippen LogP contribution is 2.29. The number of halogens is 1. The smallest absolute Gasteiger partial charge is 0.247 e. The third-order valence-electron chi connectivity index (χ3n) is 2.33. The Hall–Kier alpha value is -0.630. The van der Waals surface area contributed by atoms with Gasteiger partial charge in [-0.3, -0.25) is 0 Å². The summed E-state index contributed by atoms with van der Waals surface area (Å²) in [7, 11) is -3.67. The molecular formula is C11H16BrNO4S. The Balaban J connectivity index is 3.25. The maximum atomic E-state index is 12.4. The molecule has 1 aromatic rings. The van der Waals surface area contributed by atoms with Crippen molar-refractivity contribution in [3.63, 3.8) is 0 Å². The van der Waals surface area contributed by atoms with Crippen molar-refractivity contribution < 1.29 is 17.9 Å². The van der Waals surface area contributed by atoms with Gasteiger partial charge in [0, 0.05) is 18.7 Å². The van der Waals surface area contributed by atoms with E-state index in [2.05, 4.69) is 22.5 Å². The molecule has 1 heterocycles. The van der Waals surface area contributed by atoms with E-state index >= 15 is 0 Å². The highest BCUT2D eigenvalue weighted by atomic mass is 79.9. The number of aliphatic hydroxyl groups is 1. The Bertz CT molecular complexity index is 521. The van der Waals surface area contributed by atoms with Crippen LogP contribution in [0.1, 0.15) is 19.6 Å². The largest absolute Gasteiger partial charge is 0.450 e. The van der Waals surface area contributed by atoms with Gasteiger partial charge in [-0.15, -0.1) is 6.58 Å². The fourth-order valence-electron chi connectivity index (χ4n) is 1.49. The summed E-state index contributed by atoms with van der Waals surface area (Å²) in [5.74, 6) is 0.197. The maximum Gasteiger partial charge on any atom is 0.247 e. The van der Waals surface area contributed by atoms with E-state index in [1.165, 1.54) is 16.4 Å². The maximum absolute atomic E-state index is 12.4. The first-order valence-corrected chi connectivity index (χ1v) is 7.59. The Morgan fingerprint density at radius 1 is 1.61 bits per heavy atom. The molecule has 5 nitrogen and oxygen atoms in total. The van der Waals surface area contributed by atoms with Gasteiger partial charge in [0.25, 0.3) is 0 Å². The molecule has 0 aliphatic heterocycles. The van der Waals surface area contributed by atoms with Crippen LogP contribution in [0.5, 0.6) is 0 Å². The van der Waals surface area contributed by atoms with Gasteiger partial charge in [0.2, 0.25) is 10.0 Å². The first-order valence-electron chi connectivity index (χ1n) is 5.36. The second-order valence-corrected chi connectivity index (χ2v) is 6.55. The zero-order valence-corrected chi connectivity index (χ0v) is 12.7. The number of nitrogens with zero attached hydrogens (tertiary/aromatic N) is 1. The third kappa shape index (κ3) is 3.03. The Morgan fingerprint density at radius 3 is 2.61 bits per heavy atom. The van der Waals surface area contributed by atoms with Crippen LogP contribution in [-0.4, -0.2) is 30.4 Å². The summed E-state index contributed by atoms with van der Waals surface area (Å²) in [6, 6.07) is 1.12. The first-order chi connectivity index (χ1) is 8.34.